The number of nitrogens with zero attached hydrogens (tertiary/aromatic N) is 1. The molecule has 1 nitrogen and oxygen atoms in total. The summed E-state index contributed by atoms with van der Waals surface area (Å²) in [7, 11) is 0. The van der Waals surface area contributed by atoms with Gasteiger partial charge in [-0.3, -0.25) is 4.98 Å². The predicted molar refractivity (Wildman–Crippen MR) is 75.1 cm³/mol. The Kier molecular flexibility index (Phi) is 5.41. The van der Waals surface area contributed by atoms with E-state index in [9.17, 15) is 0 Å². The molecular formula is C16H21N. The quantitative estimate of drug-likeness (QED) is 0.686. The molecule has 0 aromatic carbocycles. The van der Waals surface area contributed by atoms with Crippen LogP contribution >= 0.6 is 0 Å². The van der Waals surface area contributed by atoms with Crippen molar-refractivity contribution in [2.75, 3.05) is 0 Å². The summed E-state index contributed by atoms with van der Waals surface area (Å²) >= 11 is 0. The van der Waals surface area contributed by atoms with Crippen LogP contribution in [0.3, 0.4) is 0 Å². The van der Waals surface area contributed by atoms with Gasteiger partial charge in [0.15, 0.2) is 0 Å². The van der Waals surface area contributed by atoms with Gasteiger partial charge in [0.2, 0.25) is 0 Å². The van der Waals surface area contributed by atoms with Crippen LogP contribution in [0.15, 0.2) is 54.3 Å². The molecule has 0 spiro atoms. The lowest BCUT2D eigenvalue weighted by Gasteiger charge is -2.04. The summed E-state index contributed by atoms with van der Waals surface area (Å²) in [6, 6.07) is 4.19. The lowest BCUT2D eigenvalue weighted by atomic mass is 10.1. The van der Waals surface area contributed by atoms with Gasteiger partial charge in [0.05, 0.1) is 0 Å². The van der Waals surface area contributed by atoms with E-state index in [1.165, 1.54) is 11.1 Å². The van der Waals surface area contributed by atoms with E-state index in [2.05, 4.69) is 75.2 Å². The average Bonchev–Trinajstić information content (AvgIpc) is 2.29. The van der Waals surface area contributed by atoms with Gasteiger partial charge in [-0.15, -0.1) is 0 Å². The Morgan fingerprint density at radius 1 is 1.18 bits per heavy atom. The number of hydrogen-bond donors (Lipinski definition) is 0. The molecule has 0 saturated heterocycles. The highest BCUT2D eigenvalue weighted by molar-refractivity contribution is 5.21. The minimum atomic E-state index is 0.354. The number of pyridine rings is 1. The fourth-order valence-corrected chi connectivity index (χ4v) is 1.39. The molecule has 1 aromatic rings. The molecule has 0 bridgehead atoms. The molecule has 1 rings (SSSR count). The molecule has 90 valence electrons. The van der Waals surface area contributed by atoms with Gasteiger partial charge >= 0.3 is 0 Å². The van der Waals surface area contributed by atoms with E-state index in [4.69, 9.17) is 0 Å². The smallest absolute Gasteiger partial charge is 0.0469 e. The maximum absolute atomic E-state index is 4.42. The number of hydrogen-bond acceptors (Lipinski definition) is 1. The summed E-state index contributed by atoms with van der Waals surface area (Å²) in [4.78, 5) is 4.42. The van der Waals surface area contributed by atoms with Gasteiger partial charge in [-0.2, -0.15) is 0 Å². The second-order valence-electron chi connectivity index (χ2n) is 4.56. The van der Waals surface area contributed by atoms with E-state index in [0.717, 1.165) is 5.69 Å². The number of allylic oxidation sites excluding steroid dienone is 6. The molecule has 0 amide bonds. The Balaban J connectivity index is 2.57. The number of rotatable bonds is 4. The average molecular weight is 227 g/mol. The van der Waals surface area contributed by atoms with E-state index < -0.39 is 0 Å². The van der Waals surface area contributed by atoms with Crippen molar-refractivity contribution < 1.29 is 0 Å². The van der Waals surface area contributed by atoms with E-state index in [-0.39, 0.29) is 0 Å². The first-order valence-corrected chi connectivity index (χ1v) is 6.00. The Bertz CT molecular complexity index is 417. The zero-order valence-electron chi connectivity index (χ0n) is 11.1. The Morgan fingerprint density at radius 2 is 1.94 bits per heavy atom. The zero-order valence-corrected chi connectivity index (χ0v) is 11.1. The summed E-state index contributed by atoms with van der Waals surface area (Å²) in [5.74, 6) is 0.354. The van der Waals surface area contributed by atoms with Crippen LogP contribution in [0.25, 0.3) is 0 Å². The lowest BCUT2D eigenvalue weighted by molar-refractivity contribution is 0.903. The molecule has 17 heavy (non-hydrogen) atoms. The largest absolute Gasteiger partial charge is 0.260 e. The van der Waals surface area contributed by atoms with Crippen molar-refractivity contribution in [1.82, 2.24) is 4.98 Å². The van der Waals surface area contributed by atoms with Gasteiger partial charge in [0.1, 0.15) is 0 Å². The van der Waals surface area contributed by atoms with E-state index in [0.29, 0.717) is 5.92 Å². The molecule has 1 unspecified atom stereocenters. The standard InChI is InChI=1S/C16H21N/c1-13(2)8-6-5-7-9-15(4)16-11-10-14(3)12-17-16/h5-12,15H,1-4H3/b6-5+,9-7+. The van der Waals surface area contributed by atoms with Crippen molar-refractivity contribution in [3.05, 3.63) is 65.5 Å². The van der Waals surface area contributed by atoms with Crippen molar-refractivity contribution in [2.24, 2.45) is 0 Å². The third-order valence-electron chi connectivity index (χ3n) is 2.45. The fourth-order valence-electron chi connectivity index (χ4n) is 1.39. The van der Waals surface area contributed by atoms with Crippen LogP contribution in [0.2, 0.25) is 0 Å². The first-order chi connectivity index (χ1) is 8.09. The first-order valence-electron chi connectivity index (χ1n) is 6.00. The van der Waals surface area contributed by atoms with Gasteiger partial charge in [-0.1, -0.05) is 48.9 Å². The van der Waals surface area contributed by atoms with Crippen LogP contribution in [-0.4, -0.2) is 4.98 Å². The lowest BCUT2D eigenvalue weighted by Crippen LogP contribution is -1.93. The fraction of sp³-hybridized carbons (Fsp3) is 0.312. The Labute approximate surface area is 105 Å². The van der Waals surface area contributed by atoms with E-state index in [1.54, 1.807) is 0 Å². The molecule has 0 radical (unpaired) electrons. The second-order valence-corrected chi connectivity index (χ2v) is 4.56. The monoisotopic (exact) mass is 227 g/mol. The van der Waals surface area contributed by atoms with Crippen LogP contribution in [-0.2, 0) is 0 Å². The number of aryl methyl sites for hydroxylation is 1. The van der Waals surface area contributed by atoms with Crippen molar-refractivity contribution in [3.8, 4) is 0 Å². The molecule has 0 fully saturated rings. The molecule has 1 aromatic heterocycles. The predicted octanol–water partition coefficient (Wildman–Crippen LogP) is 4.57. The molecule has 0 aliphatic carbocycles. The van der Waals surface area contributed by atoms with Gasteiger partial charge in [-0.05, 0) is 32.4 Å². The summed E-state index contributed by atoms with van der Waals surface area (Å²) in [6.45, 7) is 8.39. The summed E-state index contributed by atoms with van der Waals surface area (Å²) < 4.78 is 0. The molecule has 0 N–H and O–H groups in total. The molecule has 1 atom stereocenters. The third kappa shape index (κ3) is 5.30. The highest BCUT2D eigenvalue weighted by Gasteiger charge is 2.00. The van der Waals surface area contributed by atoms with Crippen LogP contribution in [0, 0.1) is 6.92 Å². The SMILES string of the molecule is CC(C)=C/C=C/C=C/C(C)c1ccc(C)cn1. The van der Waals surface area contributed by atoms with Crippen LogP contribution in [0.5, 0.6) is 0 Å². The van der Waals surface area contributed by atoms with E-state index in [1.807, 2.05) is 6.20 Å². The zero-order chi connectivity index (χ0) is 12.7. The van der Waals surface area contributed by atoms with Gasteiger partial charge in [0.25, 0.3) is 0 Å². The summed E-state index contributed by atoms with van der Waals surface area (Å²) in [5.41, 5.74) is 3.62. The Hall–Kier alpha value is -1.63. The van der Waals surface area contributed by atoms with Crippen LogP contribution < -0.4 is 0 Å². The maximum atomic E-state index is 4.42. The van der Waals surface area contributed by atoms with Crippen molar-refractivity contribution in [3.63, 3.8) is 0 Å². The molecule has 1 heterocycles. The minimum Gasteiger partial charge on any atom is -0.260 e. The van der Waals surface area contributed by atoms with Crippen molar-refractivity contribution >= 4 is 0 Å². The minimum absolute atomic E-state index is 0.354. The molecule has 0 aliphatic rings. The van der Waals surface area contributed by atoms with Crippen molar-refractivity contribution in [1.29, 1.82) is 0 Å². The molecular weight excluding hydrogens is 206 g/mol. The van der Waals surface area contributed by atoms with Crippen LogP contribution in [0.1, 0.15) is 37.9 Å². The summed E-state index contributed by atoms with van der Waals surface area (Å²) in [5, 5.41) is 0. The van der Waals surface area contributed by atoms with Crippen molar-refractivity contribution in [2.45, 2.75) is 33.6 Å². The Morgan fingerprint density at radius 3 is 2.53 bits per heavy atom. The highest BCUT2D eigenvalue weighted by Crippen LogP contribution is 2.13. The van der Waals surface area contributed by atoms with Gasteiger partial charge in [-0.25, -0.2) is 0 Å². The van der Waals surface area contributed by atoms with E-state index >= 15 is 0 Å². The molecule has 1 heteroatoms. The molecule has 0 aliphatic heterocycles. The maximum Gasteiger partial charge on any atom is 0.0469 e. The van der Waals surface area contributed by atoms with Gasteiger partial charge < -0.3 is 0 Å². The second kappa shape index (κ2) is 6.85. The highest BCUT2D eigenvalue weighted by atomic mass is 14.7. The van der Waals surface area contributed by atoms with Crippen LogP contribution in [0.4, 0.5) is 0 Å². The third-order valence-corrected chi connectivity index (χ3v) is 2.45. The summed E-state index contributed by atoms with van der Waals surface area (Å²) in [6.07, 6.45) is 12.4. The topological polar surface area (TPSA) is 12.9 Å². The first kappa shape index (κ1) is 13.4. The molecule has 0 saturated carbocycles. The van der Waals surface area contributed by atoms with Gasteiger partial charge in [0, 0.05) is 17.8 Å². The number of aromatic nitrogens is 1. The normalized spacial score (nSPS) is 13.2.